The van der Waals surface area contributed by atoms with Gasteiger partial charge in [0.1, 0.15) is 0 Å². The minimum Gasteiger partial charge on any atom is -0.357 e. The SMILES string of the molecule is CCNC(=NCc1cccc([N+](=O)[O-])c1)NCCC(C)C. The van der Waals surface area contributed by atoms with E-state index in [1.807, 2.05) is 13.0 Å². The Hall–Kier alpha value is -2.11. The number of hydrogen-bond acceptors (Lipinski definition) is 3. The fourth-order valence-corrected chi connectivity index (χ4v) is 1.76. The van der Waals surface area contributed by atoms with Crippen molar-refractivity contribution in [3.05, 3.63) is 39.9 Å². The zero-order valence-electron chi connectivity index (χ0n) is 12.9. The minimum absolute atomic E-state index is 0.0977. The standard InChI is InChI=1S/C15H24N4O2/c1-4-16-15(17-9-8-12(2)3)18-11-13-6-5-7-14(10-13)19(20)21/h5-7,10,12H,4,8-9,11H2,1-3H3,(H2,16,17,18). The molecule has 1 rings (SSSR count). The van der Waals surface area contributed by atoms with Gasteiger partial charge in [-0.15, -0.1) is 0 Å². The third-order valence-corrected chi connectivity index (χ3v) is 2.90. The summed E-state index contributed by atoms with van der Waals surface area (Å²) >= 11 is 0. The summed E-state index contributed by atoms with van der Waals surface area (Å²) in [7, 11) is 0. The summed E-state index contributed by atoms with van der Waals surface area (Å²) in [6.45, 7) is 8.41. The van der Waals surface area contributed by atoms with Crippen molar-refractivity contribution in [2.24, 2.45) is 10.9 Å². The van der Waals surface area contributed by atoms with Crippen LogP contribution in [0.15, 0.2) is 29.3 Å². The first-order valence-corrected chi connectivity index (χ1v) is 7.28. The summed E-state index contributed by atoms with van der Waals surface area (Å²) in [6, 6.07) is 6.57. The highest BCUT2D eigenvalue weighted by Gasteiger charge is 2.05. The molecule has 0 amide bonds. The molecule has 0 atom stereocenters. The van der Waals surface area contributed by atoms with E-state index >= 15 is 0 Å². The molecule has 0 saturated heterocycles. The van der Waals surface area contributed by atoms with Crippen LogP contribution in [0.25, 0.3) is 0 Å². The average molecular weight is 292 g/mol. The fraction of sp³-hybridized carbons (Fsp3) is 0.533. The lowest BCUT2D eigenvalue weighted by molar-refractivity contribution is -0.384. The van der Waals surface area contributed by atoms with E-state index in [0.29, 0.717) is 12.5 Å². The van der Waals surface area contributed by atoms with Crippen LogP contribution in [-0.2, 0) is 6.54 Å². The van der Waals surface area contributed by atoms with Gasteiger partial charge in [-0.05, 0) is 24.8 Å². The van der Waals surface area contributed by atoms with E-state index in [-0.39, 0.29) is 10.6 Å². The zero-order valence-corrected chi connectivity index (χ0v) is 12.9. The number of rotatable bonds is 7. The van der Waals surface area contributed by atoms with Crippen molar-refractivity contribution in [3.63, 3.8) is 0 Å². The number of nitrogens with zero attached hydrogens (tertiary/aromatic N) is 2. The van der Waals surface area contributed by atoms with Crippen molar-refractivity contribution >= 4 is 11.6 Å². The van der Waals surface area contributed by atoms with Crippen LogP contribution in [-0.4, -0.2) is 24.0 Å². The molecule has 0 spiro atoms. The maximum absolute atomic E-state index is 10.7. The first kappa shape index (κ1) is 16.9. The van der Waals surface area contributed by atoms with Crippen molar-refractivity contribution in [1.82, 2.24) is 10.6 Å². The van der Waals surface area contributed by atoms with E-state index in [2.05, 4.69) is 29.5 Å². The van der Waals surface area contributed by atoms with Gasteiger partial charge < -0.3 is 10.6 Å². The molecule has 2 N–H and O–H groups in total. The zero-order chi connectivity index (χ0) is 15.7. The molecule has 0 saturated carbocycles. The molecule has 0 bridgehead atoms. The number of nitro benzene ring substituents is 1. The molecule has 6 heteroatoms. The highest BCUT2D eigenvalue weighted by molar-refractivity contribution is 5.79. The van der Waals surface area contributed by atoms with Gasteiger partial charge in [0, 0.05) is 25.2 Å². The van der Waals surface area contributed by atoms with E-state index in [1.54, 1.807) is 12.1 Å². The van der Waals surface area contributed by atoms with Gasteiger partial charge in [-0.1, -0.05) is 26.0 Å². The van der Waals surface area contributed by atoms with E-state index in [1.165, 1.54) is 6.07 Å². The molecule has 1 aromatic rings. The number of hydrogen-bond donors (Lipinski definition) is 2. The normalized spacial score (nSPS) is 11.5. The Labute approximate surface area is 125 Å². The molecule has 21 heavy (non-hydrogen) atoms. The molecular formula is C15H24N4O2. The third kappa shape index (κ3) is 6.74. The number of benzene rings is 1. The van der Waals surface area contributed by atoms with Gasteiger partial charge in [0.05, 0.1) is 11.5 Å². The predicted octanol–water partition coefficient (Wildman–Crippen LogP) is 2.70. The van der Waals surface area contributed by atoms with E-state index in [0.717, 1.165) is 31.0 Å². The Morgan fingerprint density at radius 2 is 2.14 bits per heavy atom. The molecule has 0 fully saturated rings. The van der Waals surface area contributed by atoms with Crippen molar-refractivity contribution < 1.29 is 4.92 Å². The lowest BCUT2D eigenvalue weighted by Crippen LogP contribution is -2.38. The first-order valence-electron chi connectivity index (χ1n) is 7.28. The molecule has 0 aliphatic rings. The molecule has 6 nitrogen and oxygen atoms in total. The monoisotopic (exact) mass is 292 g/mol. The van der Waals surface area contributed by atoms with Gasteiger partial charge in [-0.3, -0.25) is 10.1 Å². The number of guanidine groups is 1. The van der Waals surface area contributed by atoms with Gasteiger partial charge in [-0.2, -0.15) is 0 Å². The lowest BCUT2D eigenvalue weighted by atomic mass is 10.1. The summed E-state index contributed by atoms with van der Waals surface area (Å²) in [5, 5.41) is 17.2. The Morgan fingerprint density at radius 3 is 2.76 bits per heavy atom. The highest BCUT2D eigenvalue weighted by Crippen LogP contribution is 2.13. The number of nitro groups is 1. The van der Waals surface area contributed by atoms with E-state index in [9.17, 15) is 10.1 Å². The van der Waals surface area contributed by atoms with Gasteiger partial charge in [0.25, 0.3) is 5.69 Å². The second-order valence-corrected chi connectivity index (χ2v) is 5.23. The second kappa shape index (κ2) is 8.94. The van der Waals surface area contributed by atoms with Crippen LogP contribution >= 0.6 is 0 Å². The second-order valence-electron chi connectivity index (χ2n) is 5.23. The Morgan fingerprint density at radius 1 is 1.38 bits per heavy atom. The lowest BCUT2D eigenvalue weighted by Gasteiger charge is -2.12. The topological polar surface area (TPSA) is 79.6 Å². The van der Waals surface area contributed by atoms with Crippen molar-refractivity contribution in [3.8, 4) is 0 Å². The quantitative estimate of drug-likeness (QED) is 0.350. The number of nitrogens with one attached hydrogen (secondary N) is 2. The molecule has 1 aromatic carbocycles. The molecule has 0 radical (unpaired) electrons. The smallest absolute Gasteiger partial charge is 0.269 e. The van der Waals surface area contributed by atoms with Crippen molar-refractivity contribution in [2.45, 2.75) is 33.7 Å². The van der Waals surface area contributed by atoms with Crippen LogP contribution in [0.4, 0.5) is 5.69 Å². The van der Waals surface area contributed by atoms with Crippen LogP contribution < -0.4 is 10.6 Å². The van der Waals surface area contributed by atoms with Gasteiger partial charge in [0.2, 0.25) is 0 Å². The van der Waals surface area contributed by atoms with Gasteiger partial charge in [-0.25, -0.2) is 4.99 Å². The molecule has 0 aliphatic heterocycles. The Bertz CT molecular complexity index is 486. The predicted molar refractivity (Wildman–Crippen MR) is 85.4 cm³/mol. The molecular weight excluding hydrogens is 268 g/mol. The summed E-state index contributed by atoms with van der Waals surface area (Å²) in [6.07, 6.45) is 1.07. The van der Waals surface area contributed by atoms with Gasteiger partial charge in [0.15, 0.2) is 5.96 Å². The largest absolute Gasteiger partial charge is 0.357 e. The van der Waals surface area contributed by atoms with E-state index in [4.69, 9.17) is 0 Å². The minimum atomic E-state index is -0.390. The number of non-ortho nitro benzene ring substituents is 1. The summed E-state index contributed by atoms with van der Waals surface area (Å²) in [4.78, 5) is 14.8. The molecule has 0 unspecified atom stereocenters. The molecule has 0 aliphatic carbocycles. The van der Waals surface area contributed by atoms with Crippen LogP contribution in [0.3, 0.4) is 0 Å². The number of aliphatic imine (C=N–C) groups is 1. The summed E-state index contributed by atoms with van der Waals surface area (Å²) in [5.41, 5.74) is 0.922. The summed E-state index contributed by atoms with van der Waals surface area (Å²) in [5.74, 6) is 1.38. The first-order chi connectivity index (χ1) is 10.0. The Balaban J connectivity index is 2.64. The van der Waals surface area contributed by atoms with Crippen LogP contribution in [0.1, 0.15) is 32.8 Å². The molecule has 0 heterocycles. The summed E-state index contributed by atoms with van der Waals surface area (Å²) < 4.78 is 0. The maximum atomic E-state index is 10.7. The fourth-order valence-electron chi connectivity index (χ4n) is 1.76. The third-order valence-electron chi connectivity index (χ3n) is 2.90. The molecule has 116 valence electrons. The van der Waals surface area contributed by atoms with Crippen molar-refractivity contribution in [2.75, 3.05) is 13.1 Å². The molecule has 0 aromatic heterocycles. The van der Waals surface area contributed by atoms with Crippen molar-refractivity contribution in [1.29, 1.82) is 0 Å². The van der Waals surface area contributed by atoms with Crippen LogP contribution in [0.5, 0.6) is 0 Å². The van der Waals surface area contributed by atoms with E-state index < -0.39 is 0 Å². The van der Waals surface area contributed by atoms with Crippen LogP contribution in [0.2, 0.25) is 0 Å². The highest BCUT2D eigenvalue weighted by atomic mass is 16.6. The van der Waals surface area contributed by atoms with Crippen LogP contribution in [0, 0.1) is 16.0 Å². The average Bonchev–Trinajstić information content (AvgIpc) is 2.44. The Kier molecular flexibility index (Phi) is 7.21. The maximum Gasteiger partial charge on any atom is 0.269 e. The van der Waals surface area contributed by atoms with Gasteiger partial charge >= 0.3 is 0 Å².